The normalized spacial score (nSPS) is 15.4. The van der Waals surface area contributed by atoms with Crippen LogP contribution in [0.15, 0.2) is 84.9 Å². The van der Waals surface area contributed by atoms with Crippen LogP contribution >= 0.6 is 0 Å². The Morgan fingerprint density at radius 1 is 0.750 bits per heavy atom. The van der Waals surface area contributed by atoms with Gasteiger partial charge in [-0.2, -0.15) is 0 Å². The molecule has 0 saturated carbocycles. The summed E-state index contributed by atoms with van der Waals surface area (Å²) in [6.07, 6.45) is 0. The Kier molecular flexibility index (Phi) is 5.23. The molecule has 0 aliphatic carbocycles. The van der Waals surface area contributed by atoms with Crippen molar-refractivity contribution < 1.29 is 0 Å². The third-order valence-corrected chi connectivity index (χ3v) is 5.60. The quantitative estimate of drug-likeness (QED) is 0.604. The van der Waals surface area contributed by atoms with Crippen molar-refractivity contribution in [2.45, 2.75) is 38.3 Å². The fourth-order valence-corrected chi connectivity index (χ4v) is 4.18. The predicted molar refractivity (Wildman–Crippen MR) is 119 cm³/mol. The van der Waals surface area contributed by atoms with Gasteiger partial charge in [0.1, 0.15) is 0 Å². The number of nitrogens with one attached hydrogen (secondary N) is 1. The van der Waals surface area contributed by atoms with Gasteiger partial charge >= 0.3 is 0 Å². The summed E-state index contributed by atoms with van der Waals surface area (Å²) in [4.78, 5) is 2.57. The molecule has 0 aromatic heterocycles. The number of nitrogens with zero attached hydrogens (tertiary/aromatic N) is 1. The first-order chi connectivity index (χ1) is 13.5. The number of benzene rings is 3. The number of rotatable bonds is 5. The fraction of sp³-hybridized carbons (Fsp3) is 0.308. The van der Waals surface area contributed by atoms with E-state index in [0.717, 1.165) is 13.1 Å². The van der Waals surface area contributed by atoms with Crippen LogP contribution in [0.3, 0.4) is 0 Å². The van der Waals surface area contributed by atoms with Gasteiger partial charge in [-0.05, 0) is 28.2 Å². The molecule has 2 nitrogen and oxygen atoms in total. The van der Waals surface area contributed by atoms with Crippen molar-refractivity contribution in [2.24, 2.45) is 0 Å². The second kappa shape index (κ2) is 7.81. The molecule has 1 N–H and O–H groups in total. The van der Waals surface area contributed by atoms with Gasteiger partial charge in [0, 0.05) is 18.8 Å². The number of hydrogen-bond acceptors (Lipinski definition) is 2. The Balaban J connectivity index is 1.50. The average molecular weight is 371 g/mol. The highest BCUT2D eigenvalue weighted by molar-refractivity contribution is 5.55. The number of para-hydroxylation sites is 1. The van der Waals surface area contributed by atoms with Gasteiger partial charge in [0.25, 0.3) is 0 Å². The lowest BCUT2D eigenvalue weighted by molar-refractivity contribution is 0.123. The first-order valence-corrected chi connectivity index (χ1v) is 10.2. The van der Waals surface area contributed by atoms with Gasteiger partial charge in [-0.15, -0.1) is 0 Å². The minimum absolute atomic E-state index is 0.143. The Bertz CT molecular complexity index is 851. The molecule has 1 aliphatic heterocycles. The van der Waals surface area contributed by atoms with Gasteiger partial charge in [0.2, 0.25) is 0 Å². The van der Waals surface area contributed by atoms with Crippen molar-refractivity contribution in [2.75, 3.05) is 18.4 Å². The standard InChI is InChI=1S/C26H30N2/c1-26(2,3)23-16-10-11-17-24(23)27-22-18-28(19-22)25(20-12-6-4-7-13-20)21-14-8-5-9-15-21/h4-17,22,25,27H,18-19H2,1-3H3. The van der Waals surface area contributed by atoms with Crippen molar-refractivity contribution in [1.82, 2.24) is 4.90 Å². The molecule has 1 fully saturated rings. The Morgan fingerprint density at radius 3 is 1.79 bits per heavy atom. The maximum atomic E-state index is 3.80. The van der Waals surface area contributed by atoms with E-state index in [9.17, 15) is 0 Å². The van der Waals surface area contributed by atoms with E-state index in [-0.39, 0.29) is 5.41 Å². The first-order valence-electron chi connectivity index (χ1n) is 10.2. The summed E-state index contributed by atoms with van der Waals surface area (Å²) in [7, 11) is 0. The maximum Gasteiger partial charge on any atom is 0.0603 e. The van der Waals surface area contributed by atoms with Crippen molar-refractivity contribution in [3.63, 3.8) is 0 Å². The highest BCUT2D eigenvalue weighted by atomic mass is 15.3. The Labute approximate surface area is 169 Å². The molecular weight excluding hydrogens is 340 g/mol. The van der Waals surface area contributed by atoms with Crippen LogP contribution < -0.4 is 5.32 Å². The molecule has 2 heteroatoms. The number of likely N-dealkylation sites (tertiary alicyclic amines) is 1. The lowest BCUT2D eigenvalue weighted by Gasteiger charge is -2.45. The van der Waals surface area contributed by atoms with E-state index < -0.39 is 0 Å². The summed E-state index contributed by atoms with van der Waals surface area (Å²) in [6.45, 7) is 8.93. The van der Waals surface area contributed by atoms with Crippen LogP contribution in [0, 0.1) is 0 Å². The van der Waals surface area contributed by atoms with Crippen molar-refractivity contribution in [3.05, 3.63) is 102 Å². The molecule has 1 heterocycles. The summed E-state index contributed by atoms with van der Waals surface area (Å²) < 4.78 is 0. The molecule has 4 rings (SSSR count). The van der Waals surface area contributed by atoms with E-state index >= 15 is 0 Å². The van der Waals surface area contributed by atoms with E-state index in [2.05, 4.69) is 116 Å². The fourth-order valence-electron chi connectivity index (χ4n) is 4.18. The molecule has 3 aromatic carbocycles. The monoisotopic (exact) mass is 370 g/mol. The van der Waals surface area contributed by atoms with Crippen LogP contribution in [0.4, 0.5) is 5.69 Å². The van der Waals surface area contributed by atoms with Gasteiger partial charge in [-0.3, -0.25) is 4.90 Å². The molecule has 0 amide bonds. The average Bonchev–Trinajstić information content (AvgIpc) is 2.67. The van der Waals surface area contributed by atoms with Crippen LogP contribution in [-0.2, 0) is 5.41 Å². The second-order valence-electron chi connectivity index (χ2n) is 8.81. The van der Waals surface area contributed by atoms with E-state index in [0.29, 0.717) is 12.1 Å². The molecule has 1 saturated heterocycles. The molecule has 0 unspecified atom stereocenters. The molecule has 0 bridgehead atoms. The highest BCUT2D eigenvalue weighted by Crippen LogP contribution is 2.35. The molecule has 144 valence electrons. The van der Waals surface area contributed by atoms with Crippen molar-refractivity contribution in [3.8, 4) is 0 Å². The minimum Gasteiger partial charge on any atom is -0.379 e. The molecule has 3 aromatic rings. The summed E-state index contributed by atoms with van der Waals surface area (Å²) >= 11 is 0. The van der Waals surface area contributed by atoms with Crippen molar-refractivity contribution >= 4 is 5.69 Å². The van der Waals surface area contributed by atoms with Gasteiger partial charge in [0.05, 0.1) is 12.1 Å². The van der Waals surface area contributed by atoms with E-state index in [4.69, 9.17) is 0 Å². The van der Waals surface area contributed by atoms with Gasteiger partial charge in [-0.25, -0.2) is 0 Å². The summed E-state index contributed by atoms with van der Waals surface area (Å²) in [5.74, 6) is 0. The molecule has 28 heavy (non-hydrogen) atoms. The highest BCUT2D eigenvalue weighted by Gasteiger charge is 2.34. The minimum atomic E-state index is 0.143. The zero-order chi connectivity index (χ0) is 19.6. The second-order valence-corrected chi connectivity index (χ2v) is 8.81. The molecule has 0 atom stereocenters. The SMILES string of the molecule is CC(C)(C)c1ccccc1NC1CN(C(c2ccccc2)c2ccccc2)C1. The topological polar surface area (TPSA) is 15.3 Å². The van der Waals surface area contributed by atoms with Crippen LogP contribution in [0.2, 0.25) is 0 Å². The number of anilines is 1. The number of hydrogen-bond donors (Lipinski definition) is 1. The van der Waals surface area contributed by atoms with Crippen LogP contribution in [-0.4, -0.2) is 24.0 Å². The van der Waals surface area contributed by atoms with Crippen LogP contribution in [0.1, 0.15) is 43.5 Å². The van der Waals surface area contributed by atoms with Crippen LogP contribution in [0.25, 0.3) is 0 Å². The zero-order valence-electron chi connectivity index (χ0n) is 17.1. The van der Waals surface area contributed by atoms with Gasteiger partial charge in [0.15, 0.2) is 0 Å². The maximum absolute atomic E-state index is 3.80. The molecule has 1 aliphatic rings. The Hall–Kier alpha value is -2.58. The van der Waals surface area contributed by atoms with Gasteiger partial charge in [-0.1, -0.05) is 99.6 Å². The zero-order valence-corrected chi connectivity index (χ0v) is 17.1. The predicted octanol–water partition coefficient (Wildman–Crippen LogP) is 5.87. The smallest absolute Gasteiger partial charge is 0.0603 e. The van der Waals surface area contributed by atoms with E-state index in [1.54, 1.807) is 0 Å². The molecular formula is C26H30N2. The lowest BCUT2D eigenvalue weighted by Crippen LogP contribution is -2.56. The van der Waals surface area contributed by atoms with E-state index in [1.807, 2.05) is 0 Å². The summed E-state index contributed by atoms with van der Waals surface area (Å²) in [5, 5.41) is 3.80. The first kappa shape index (κ1) is 18.8. The molecule has 0 radical (unpaired) electrons. The summed E-state index contributed by atoms with van der Waals surface area (Å²) in [6, 6.07) is 31.2. The lowest BCUT2D eigenvalue weighted by atomic mass is 9.85. The molecule has 0 spiro atoms. The largest absolute Gasteiger partial charge is 0.379 e. The Morgan fingerprint density at radius 2 is 1.25 bits per heavy atom. The summed E-state index contributed by atoms with van der Waals surface area (Å²) in [5.41, 5.74) is 5.53. The third kappa shape index (κ3) is 3.98. The van der Waals surface area contributed by atoms with Crippen LogP contribution in [0.5, 0.6) is 0 Å². The van der Waals surface area contributed by atoms with Gasteiger partial charge < -0.3 is 5.32 Å². The van der Waals surface area contributed by atoms with E-state index in [1.165, 1.54) is 22.4 Å². The van der Waals surface area contributed by atoms with Crippen molar-refractivity contribution in [1.29, 1.82) is 0 Å². The third-order valence-electron chi connectivity index (χ3n) is 5.60.